The Labute approximate surface area is 138 Å². The van der Waals surface area contributed by atoms with E-state index in [1.807, 2.05) is 11.3 Å². The SMILES string of the molecule is CCNC(c1cc(C)c(Br)s1)c1cccc2ccccc12. The van der Waals surface area contributed by atoms with Gasteiger partial charge in [-0.15, -0.1) is 11.3 Å². The van der Waals surface area contributed by atoms with Crippen LogP contribution >= 0.6 is 27.3 Å². The van der Waals surface area contributed by atoms with Crippen molar-refractivity contribution in [3.63, 3.8) is 0 Å². The maximum Gasteiger partial charge on any atom is 0.0731 e. The Balaban J connectivity index is 2.15. The summed E-state index contributed by atoms with van der Waals surface area (Å²) in [5.74, 6) is 0. The highest BCUT2D eigenvalue weighted by Gasteiger charge is 2.18. The Morgan fingerprint density at radius 1 is 1.14 bits per heavy atom. The van der Waals surface area contributed by atoms with Gasteiger partial charge in [0.25, 0.3) is 0 Å². The van der Waals surface area contributed by atoms with Gasteiger partial charge in [-0.1, -0.05) is 49.4 Å². The van der Waals surface area contributed by atoms with E-state index in [2.05, 4.69) is 83.6 Å². The minimum absolute atomic E-state index is 0.246. The lowest BCUT2D eigenvalue weighted by Crippen LogP contribution is -2.21. The molecule has 0 aliphatic heterocycles. The van der Waals surface area contributed by atoms with Crippen molar-refractivity contribution >= 4 is 38.0 Å². The summed E-state index contributed by atoms with van der Waals surface area (Å²) in [6.45, 7) is 5.26. The van der Waals surface area contributed by atoms with Crippen molar-refractivity contribution in [1.29, 1.82) is 0 Å². The van der Waals surface area contributed by atoms with Gasteiger partial charge in [-0.25, -0.2) is 0 Å². The first-order valence-corrected chi connectivity index (χ1v) is 8.78. The Hall–Kier alpha value is -1.16. The molecule has 108 valence electrons. The van der Waals surface area contributed by atoms with E-state index in [0.717, 1.165) is 6.54 Å². The quantitative estimate of drug-likeness (QED) is 0.632. The molecule has 0 aliphatic rings. The second kappa shape index (κ2) is 6.30. The molecule has 0 bridgehead atoms. The number of benzene rings is 2. The summed E-state index contributed by atoms with van der Waals surface area (Å²) in [4.78, 5) is 1.36. The van der Waals surface area contributed by atoms with Crippen molar-refractivity contribution in [1.82, 2.24) is 5.32 Å². The largest absolute Gasteiger partial charge is 0.306 e. The fourth-order valence-corrected chi connectivity index (χ4v) is 4.36. The fraction of sp³-hybridized carbons (Fsp3) is 0.222. The van der Waals surface area contributed by atoms with Crippen LogP contribution in [-0.4, -0.2) is 6.54 Å². The van der Waals surface area contributed by atoms with E-state index in [1.54, 1.807) is 0 Å². The molecule has 3 aromatic rings. The van der Waals surface area contributed by atoms with E-state index in [-0.39, 0.29) is 6.04 Å². The first-order valence-electron chi connectivity index (χ1n) is 7.17. The zero-order valence-corrected chi connectivity index (χ0v) is 14.6. The van der Waals surface area contributed by atoms with E-state index in [4.69, 9.17) is 0 Å². The van der Waals surface area contributed by atoms with E-state index in [9.17, 15) is 0 Å². The molecule has 1 unspecified atom stereocenters. The molecule has 1 heterocycles. The van der Waals surface area contributed by atoms with Crippen LogP contribution in [0.2, 0.25) is 0 Å². The summed E-state index contributed by atoms with van der Waals surface area (Å²) in [6, 6.07) is 17.7. The third-order valence-corrected chi connectivity index (χ3v) is 5.90. The molecule has 2 aromatic carbocycles. The average molecular weight is 360 g/mol. The van der Waals surface area contributed by atoms with Gasteiger partial charge in [0, 0.05) is 4.88 Å². The molecule has 0 saturated heterocycles. The monoisotopic (exact) mass is 359 g/mol. The molecule has 3 heteroatoms. The average Bonchev–Trinajstić information content (AvgIpc) is 2.84. The van der Waals surface area contributed by atoms with Crippen LogP contribution in [0.15, 0.2) is 52.3 Å². The van der Waals surface area contributed by atoms with Gasteiger partial charge in [0.15, 0.2) is 0 Å². The number of hydrogen-bond acceptors (Lipinski definition) is 2. The van der Waals surface area contributed by atoms with E-state index in [1.165, 1.54) is 30.6 Å². The van der Waals surface area contributed by atoms with Gasteiger partial charge in [0.2, 0.25) is 0 Å². The Kier molecular flexibility index (Phi) is 4.43. The number of aryl methyl sites for hydroxylation is 1. The molecule has 0 spiro atoms. The lowest BCUT2D eigenvalue weighted by molar-refractivity contribution is 0.643. The van der Waals surface area contributed by atoms with Crippen LogP contribution in [0.4, 0.5) is 0 Å². The minimum atomic E-state index is 0.246. The van der Waals surface area contributed by atoms with Gasteiger partial charge in [0.1, 0.15) is 0 Å². The van der Waals surface area contributed by atoms with Crippen molar-refractivity contribution in [3.05, 3.63) is 68.3 Å². The van der Waals surface area contributed by atoms with Crippen molar-refractivity contribution < 1.29 is 0 Å². The Morgan fingerprint density at radius 3 is 2.62 bits per heavy atom. The molecule has 0 saturated carbocycles. The van der Waals surface area contributed by atoms with Crippen molar-refractivity contribution in [2.24, 2.45) is 0 Å². The standard InChI is InChI=1S/C18H18BrNS/c1-3-20-17(16-11-12(2)18(19)21-16)15-10-6-8-13-7-4-5-9-14(13)15/h4-11,17,20H,3H2,1-2H3. The summed E-state index contributed by atoms with van der Waals surface area (Å²) in [5, 5.41) is 6.26. The lowest BCUT2D eigenvalue weighted by atomic mass is 9.97. The summed E-state index contributed by atoms with van der Waals surface area (Å²) in [5.41, 5.74) is 2.65. The van der Waals surface area contributed by atoms with E-state index < -0.39 is 0 Å². The zero-order valence-electron chi connectivity index (χ0n) is 12.2. The van der Waals surface area contributed by atoms with Crippen LogP contribution in [0.3, 0.4) is 0 Å². The number of nitrogens with one attached hydrogen (secondary N) is 1. The highest BCUT2D eigenvalue weighted by Crippen LogP contribution is 2.36. The summed E-state index contributed by atoms with van der Waals surface area (Å²) in [6.07, 6.45) is 0. The normalized spacial score (nSPS) is 12.7. The molecule has 0 amide bonds. The molecule has 0 fully saturated rings. The van der Waals surface area contributed by atoms with Crippen LogP contribution in [0, 0.1) is 6.92 Å². The third kappa shape index (κ3) is 2.91. The zero-order chi connectivity index (χ0) is 14.8. The topological polar surface area (TPSA) is 12.0 Å². The summed E-state index contributed by atoms with van der Waals surface area (Å²) >= 11 is 5.47. The van der Waals surface area contributed by atoms with E-state index in [0.29, 0.717) is 0 Å². The number of hydrogen-bond donors (Lipinski definition) is 1. The van der Waals surface area contributed by atoms with Crippen LogP contribution in [-0.2, 0) is 0 Å². The summed E-state index contributed by atoms with van der Waals surface area (Å²) < 4.78 is 1.22. The van der Waals surface area contributed by atoms with Gasteiger partial charge in [-0.2, -0.15) is 0 Å². The predicted molar refractivity (Wildman–Crippen MR) is 96.2 cm³/mol. The molecule has 3 rings (SSSR count). The van der Waals surface area contributed by atoms with Crippen LogP contribution in [0.5, 0.6) is 0 Å². The maximum absolute atomic E-state index is 3.65. The van der Waals surface area contributed by atoms with E-state index >= 15 is 0 Å². The second-order valence-electron chi connectivity index (χ2n) is 5.16. The molecular formula is C18H18BrNS. The minimum Gasteiger partial charge on any atom is -0.306 e. The molecule has 0 aliphatic carbocycles. The highest BCUT2D eigenvalue weighted by molar-refractivity contribution is 9.11. The van der Waals surface area contributed by atoms with Crippen molar-refractivity contribution in [2.45, 2.75) is 19.9 Å². The Bertz CT molecular complexity index is 738. The van der Waals surface area contributed by atoms with Gasteiger partial charge in [-0.05, 0) is 57.4 Å². The number of thiophene rings is 1. The van der Waals surface area contributed by atoms with Gasteiger partial charge in [-0.3, -0.25) is 0 Å². The van der Waals surface area contributed by atoms with Crippen LogP contribution in [0.1, 0.15) is 29.0 Å². The summed E-state index contributed by atoms with van der Waals surface area (Å²) in [7, 11) is 0. The second-order valence-corrected chi connectivity index (χ2v) is 7.57. The number of rotatable bonds is 4. The highest BCUT2D eigenvalue weighted by atomic mass is 79.9. The predicted octanol–water partition coefficient (Wildman–Crippen LogP) is 5.67. The first-order chi connectivity index (χ1) is 10.2. The lowest BCUT2D eigenvalue weighted by Gasteiger charge is -2.19. The number of halogens is 1. The van der Waals surface area contributed by atoms with Crippen LogP contribution < -0.4 is 5.32 Å². The third-order valence-electron chi connectivity index (χ3n) is 3.70. The molecule has 1 atom stereocenters. The number of fused-ring (bicyclic) bond motifs is 1. The van der Waals surface area contributed by atoms with Gasteiger partial charge in [0.05, 0.1) is 9.83 Å². The molecular weight excluding hydrogens is 342 g/mol. The van der Waals surface area contributed by atoms with Gasteiger partial charge >= 0.3 is 0 Å². The molecule has 1 N–H and O–H groups in total. The Morgan fingerprint density at radius 2 is 1.90 bits per heavy atom. The van der Waals surface area contributed by atoms with Crippen LogP contribution in [0.25, 0.3) is 10.8 Å². The first kappa shape index (κ1) is 14.8. The van der Waals surface area contributed by atoms with Crippen molar-refractivity contribution in [3.8, 4) is 0 Å². The molecule has 0 radical (unpaired) electrons. The molecule has 1 nitrogen and oxygen atoms in total. The molecule has 21 heavy (non-hydrogen) atoms. The fourth-order valence-electron chi connectivity index (χ4n) is 2.70. The van der Waals surface area contributed by atoms with Crippen molar-refractivity contribution in [2.75, 3.05) is 6.54 Å². The smallest absolute Gasteiger partial charge is 0.0731 e. The van der Waals surface area contributed by atoms with Gasteiger partial charge < -0.3 is 5.32 Å². The molecule has 1 aromatic heterocycles. The maximum atomic E-state index is 3.65.